The number of ether oxygens (including phenoxy) is 1. The second-order valence-electron chi connectivity index (χ2n) is 4.46. The zero-order valence-corrected chi connectivity index (χ0v) is 10.9. The van der Waals surface area contributed by atoms with Crippen LogP contribution in [0.4, 0.5) is 0 Å². The van der Waals surface area contributed by atoms with Crippen LogP contribution in [0.15, 0.2) is 0 Å². The molecule has 1 saturated heterocycles. The number of piperazine rings is 1. The standard InChI is InChI=1S/C12H25N3O2/c1-17-11-2-4-12(16)15-9-7-14(8-10-15)6-3-5-13/h2-11,13H2,1H3. The first kappa shape index (κ1) is 14.4. The van der Waals surface area contributed by atoms with Gasteiger partial charge >= 0.3 is 0 Å². The molecule has 0 aromatic carbocycles. The average Bonchev–Trinajstić information content (AvgIpc) is 2.37. The Bertz CT molecular complexity index is 216. The number of hydrogen-bond acceptors (Lipinski definition) is 4. The van der Waals surface area contributed by atoms with Gasteiger partial charge in [0.05, 0.1) is 0 Å². The van der Waals surface area contributed by atoms with Crippen LogP contribution in [0.3, 0.4) is 0 Å². The van der Waals surface area contributed by atoms with Crippen molar-refractivity contribution in [2.75, 3.05) is 53.0 Å². The summed E-state index contributed by atoms with van der Waals surface area (Å²) in [6.45, 7) is 6.15. The van der Waals surface area contributed by atoms with Gasteiger partial charge in [-0.05, 0) is 25.9 Å². The van der Waals surface area contributed by atoms with Crippen molar-refractivity contribution in [3.05, 3.63) is 0 Å². The lowest BCUT2D eigenvalue weighted by Gasteiger charge is -2.34. The van der Waals surface area contributed by atoms with E-state index in [1.807, 2.05) is 4.90 Å². The van der Waals surface area contributed by atoms with E-state index >= 15 is 0 Å². The molecule has 0 radical (unpaired) electrons. The van der Waals surface area contributed by atoms with Gasteiger partial charge in [-0.25, -0.2) is 0 Å². The van der Waals surface area contributed by atoms with Crippen LogP contribution in [0.1, 0.15) is 19.3 Å². The zero-order chi connectivity index (χ0) is 12.5. The van der Waals surface area contributed by atoms with E-state index in [1.54, 1.807) is 7.11 Å². The van der Waals surface area contributed by atoms with Crippen LogP contribution in [0.5, 0.6) is 0 Å². The molecule has 1 aliphatic heterocycles. The van der Waals surface area contributed by atoms with Gasteiger partial charge in [0.15, 0.2) is 0 Å². The maximum Gasteiger partial charge on any atom is 0.222 e. The largest absolute Gasteiger partial charge is 0.385 e. The molecule has 5 nitrogen and oxygen atoms in total. The van der Waals surface area contributed by atoms with Crippen molar-refractivity contribution in [2.24, 2.45) is 5.73 Å². The molecule has 1 amide bonds. The first-order chi connectivity index (χ1) is 8.27. The molecule has 0 aromatic heterocycles. The van der Waals surface area contributed by atoms with Crippen molar-refractivity contribution in [3.8, 4) is 0 Å². The minimum atomic E-state index is 0.264. The quantitative estimate of drug-likeness (QED) is 0.635. The van der Waals surface area contributed by atoms with E-state index in [2.05, 4.69) is 4.90 Å². The van der Waals surface area contributed by atoms with Crippen molar-refractivity contribution in [2.45, 2.75) is 19.3 Å². The van der Waals surface area contributed by atoms with Gasteiger partial charge in [0.2, 0.25) is 5.91 Å². The van der Waals surface area contributed by atoms with E-state index in [0.717, 1.165) is 52.1 Å². The first-order valence-corrected chi connectivity index (χ1v) is 6.47. The number of methoxy groups -OCH3 is 1. The maximum atomic E-state index is 11.8. The molecule has 100 valence electrons. The SMILES string of the molecule is COCCCC(=O)N1CCN(CCCN)CC1. The van der Waals surface area contributed by atoms with Crippen LogP contribution in [0, 0.1) is 0 Å². The number of nitrogens with zero attached hydrogens (tertiary/aromatic N) is 2. The lowest BCUT2D eigenvalue weighted by Crippen LogP contribution is -2.49. The molecule has 0 unspecified atom stereocenters. The van der Waals surface area contributed by atoms with Gasteiger partial charge in [-0.1, -0.05) is 0 Å². The number of hydrogen-bond donors (Lipinski definition) is 1. The third-order valence-corrected chi connectivity index (χ3v) is 3.14. The van der Waals surface area contributed by atoms with Crippen LogP contribution in [-0.4, -0.2) is 68.7 Å². The molecule has 0 bridgehead atoms. The van der Waals surface area contributed by atoms with Gasteiger partial charge in [-0.15, -0.1) is 0 Å². The minimum absolute atomic E-state index is 0.264. The van der Waals surface area contributed by atoms with E-state index < -0.39 is 0 Å². The van der Waals surface area contributed by atoms with Gasteiger partial charge in [-0.2, -0.15) is 0 Å². The minimum Gasteiger partial charge on any atom is -0.385 e. The summed E-state index contributed by atoms with van der Waals surface area (Å²) >= 11 is 0. The summed E-state index contributed by atoms with van der Waals surface area (Å²) in [6, 6.07) is 0. The van der Waals surface area contributed by atoms with Crippen molar-refractivity contribution >= 4 is 5.91 Å². The maximum absolute atomic E-state index is 11.8. The predicted octanol–water partition coefficient (Wildman–Crippen LogP) is -0.0940. The molecular formula is C12H25N3O2. The van der Waals surface area contributed by atoms with E-state index in [9.17, 15) is 4.79 Å². The number of rotatable bonds is 7. The van der Waals surface area contributed by atoms with Gasteiger partial charge in [0.25, 0.3) is 0 Å². The molecule has 17 heavy (non-hydrogen) atoms. The first-order valence-electron chi connectivity index (χ1n) is 6.47. The fourth-order valence-corrected chi connectivity index (χ4v) is 2.06. The summed E-state index contributed by atoms with van der Waals surface area (Å²) in [5.41, 5.74) is 5.49. The Labute approximate surface area is 104 Å². The third kappa shape index (κ3) is 5.48. The number of nitrogens with two attached hydrogens (primary N) is 1. The lowest BCUT2D eigenvalue weighted by molar-refractivity contribution is -0.133. The fourth-order valence-electron chi connectivity index (χ4n) is 2.06. The molecule has 0 saturated carbocycles. The summed E-state index contributed by atoms with van der Waals surface area (Å²) in [4.78, 5) is 16.2. The molecule has 1 fully saturated rings. The monoisotopic (exact) mass is 243 g/mol. The molecule has 1 heterocycles. The highest BCUT2D eigenvalue weighted by molar-refractivity contribution is 5.76. The van der Waals surface area contributed by atoms with Crippen LogP contribution in [0.25, 0.3) is 0 Å². The van der Waals surface area contributed by atoms with Crippen molar-refractivity contribution < 1.29 is 9.53 Å². The highest BCUT2D eigenvalue weighted by Gasteiger charge is 2.19. The van der Waals surface area contributed by atoms with E-state index in [0.29, 0.717) is 13.0 Å². The Kier molecular flexibility index (Phi) is 7.16. The van der Waals surface area contributed by atoms with Gasteiger partial charge in [0, 0.05) is 46.3 Å². The van der Waals surface area contributed by atoms with Crippen molar-refractivity contribution in [3.63, 3.8) is 0 Å². The van der Waals surface area contributed by atoms with Gasteiger partial charge in [0.1, 0.15) is 0 Å². The zero-order valence-electron chi connectivity index (χ0n) is 10.9. The fraction of sp³-hybridized carbons (Fsp3) is 0.917. The Morgan fingerprint density at radius 1 is 1.24 bits per heavy atom. The highest BCUT2D eigenvalue weighted by atomic mass is 16.5. The second-order valence-corrected chi connectivity index (χ2v) is 4.46. The molecule has 1 rings (SSSR count). The number of carbonyl (C=O) groups excluding carboxylic acids is 1. The summed E-state index contributed by atoms with van der Waals surface area (Å²) in [5, 5.41) is 0. The predicted molar refractivity (Wildman–Crippen MR) is 67.8 cm³/mol. The smallest absolute Gasteiger partial charge is 0.222 e. The molecule has 0 aromatic rings. The van der Waals surface area contributed by atoms with Crippen molar-refractivity contribution in [1.82, 2.24) is 9.80 Å². The summed E-state index contributed by atoms with van der Waals surface area (Å²) in [5.74, 6) is 0.264. The normalized spacial score (nSPS) is 17.4. The van der Waals surface area contributed by atoms with E-state index in [4.69, 9.17) is 10.5 Å². The second kappa shape index (κ2) is 8.44. The van der Waals surface area contributed by atoms with Gasteiger partial charge < -0.3 is 15.4 Å². The van der Waals surface area contributed by atoms with Crippen LogP contribution in [-0.2, 0) is 9.53 Å². The Balaban J connectivity index is 2.15. The van der Waals surface area contributed by atoms with Crippen LogP contribution < -0.4 is 5.73 Å². The van der Waals surface area contributed by atoms with Crippen LogP contribution >= 0.6 is 0 Å². The van der Waals surface area contributed by atoms with Gasteiger partial charge in [-0.3, -0.25) is 9.69 Å². The van der Waals surface area contributed by atoms with Crippen LogP contribution in [0.2, 0.25) is 0 Å². The summed E-state index contributed by atoms with van der Waals surface area (Å²) < 4.78 is 4.95. The lowest BCUT2D eigenvalue weighted by atomic mass is 10.2. The summed E-state index contributed by atoms with van der Waals surface area (Å²) in [6.07, 6.45) is 2.47. The van der Waals surface area contributed by atoms with E-state index in [1.165, 1.54) is 0 Å². The number of carbonyl (C=O) groups is 1. The molecule has 1 aliphatic rings. The molecule has 0 atom stereocenters. The Morgan fingerprint density at radius 3 is 2.53 bits per heavy atom. The average molecular weight is 243 g/mol. The molecule has 5 heteroatoms. The molecule has 0 aliphatic carbocycles. The third-order valence-electron chi connectivity index (χ3n) is 3.14. The Morgan fingerprint density at radius 2 is 1.94 bits per heavy atom. The van der Waals surface area contributed by atoms with Crippen molar-refractivity contribution in [1.29, 1.82) is 0 Å². The number of amides is 1. The summed E-state index contributed by atoms with van der Waals surface area (Å²) in [7, 11) is 1.67. The van der Waals surface area contributed by atoms with E-state index in [-0.39, 0.29) is 5.91 Å². The topological polar surface area (TPSA) is 58.8 Å². The highest BCUT2D eigenvalue weighted by Crippen LogP contribution is 2.05. The molecule has 0 spiro atoms. The molecular weight excluding hydrogens is 218 g/mol. The Hall–Kier alpha value is -0.650. The molecule has 2 N–H and O–H groups in total.